The van der Waals surface area contributed by atoms with Gasteiger partial charge in [-0.05, 0) is 37.1 Å². The Morgan fingerprint density at radius 1 is 1.16 bits per heavy atom. The summed E-state index contributed by atoms with van der Waals surface area (Å²) in [5, 5.41) is 4.63. The number of halogens is 1. The van der Waals surface area contributed by atoms with E-state index in [1.807, 2.05) is 6.92 Å². The van der Waals surface area contributed by atoms with Gasteiger partial charge in [-0.2, -0.15) is 0 Å². The highest BCUT2D eigenvalue weighted by atomic mass is 19.1. The van der Waals surface area contributed by atoms with Crippen LogP contribution in [0.1, 0.15) is 47.5 Å². The van der Waals surface area contributed by atoms with E-state index >= 15 is 0 Å². The second-order valence-electron chi connectivity index (χ2n) is 9.03. The molecule has 2 atom stereocenters. The fourth-order valence-corrected chi connectivity index (χ4v) is 4.64. The minimum absolute atomic E-state index is 0.0514. The fraction of sp³-hybridized carbons (Fsp3) is 0.320. The van der Waals surface area contributed by atoms with Crippen LogP contribution in [0.25, 0.3) is 11.1 Å². The number of amides is 5. The molecule has 3 aliphatic rings. The number of carbonyl (C=O) groups is 4. The average molecular weight is 509 g/mol. The van der Waals surface area contributed by atoms with Crippen molar-refractivity contribution in [3.05, 3.63) is 53.0 Å². The molecule has 1 aromatic carbocycles. The molecule has 0 radical (unpaired) electrons. The Labute approximate surface area is 210 Å². The molecule has 6 rings (SSSR count). The maximum atomic E-state index is 13.6. The van der Waals surface area contributed by atoms with E-state index in [2.05, 4.69) is 15.6 Å². The number of hydrogen-bond donors (Lipinski definition) is 2. The average Bonchev–Trinajstić information content (AvgIpc) is 3.60. The molecule has 2 aromatic heterocycles. The number of fused-ring (bicyclic) bond motifs is 2. The van der Waals surface area contributed by atoms with Gasteiger partial charge < -0.3 is 19.4 Å². The Morgan fingerprint density at radius 3 is 2.59 bits per heavy atom. The molecule has 3 aliphatic heterocycles. The third-order valence-corrected chi connectivity index (χ3v) is 6.55. The zero-order valence-electron chi connectivity index (χ0n) is 20.3. The molecular formula is C25H24FN5O6. The number of nitrogens with zero attached hydrogens (tertiary/aromatic N) is 3. The summed E-state index contributed by atoms with van der Waals surface area (Å²) in [4.78, 5) is 54.0. The Hall–Kier alpha value is -4.48. The van der Waals surface area contributed by atoms with Gasteiger partial charge in [-0.1, -0.05) is 6.07 Å². The first-order chi connectivity index (χ1) is 17.7. The van der Waals surface area contributed by atoms with Crippen LogP contribution in [0.3, 0.4) is 0 Å². The molecule has 5 amide bonds. The maximum absolute atomic E-state index is 13.6. The number of urea groups is 1. The standard InChI is InChI=1S/C15H14N4O4.C10H10FNO2/c1-7-2-5-12(20)19(7)11-4-3-9-8(16-11)6-10(23-9)13-14(21)18-15(22)17-13;1-12-5-6-3-4-7(14-2)9(11)8(6)10(12)13/h3-4,6-7,13H,2,5H2,1H3,(H2,17,18,21,22);3-4H,5H2,1-2H3. The van der Waals surface area contributed by atoms with Crippen LogP contribution in [0.15, 0.2) is 34.7 Å². The van der Waals surface area contributed by atoms with Crippen LogP contribution in [0, 0.1) is 5.82 Å². The summed E-state index contributed by atoms with van der Waals surface area (Å²) in [6.45, 7) is 2.45. The van der Waals surface area contributed by atoms with Crippen molar-refractivity contribution in [3.63, 3.8) is 0 Å². The number of aromatic nitrogens is 1. The van der Waals surface area contributed by atoms with Gasteiger partial charge in [0.25, 0.3) is 11.8 Å². The Kier molecular flexibility index (Phi) is 6.02. The summed E-state index contributed by atoms with van der Waals surface area (Å²) in [6.07, 6.45) is 1.33. The number of rotatable bonds is 3. The lowest BCUT2D eigenvalue weighted by Gasteiger charge is -2.20. The van der Waals surface area contributed by atoms with Crippen LogP contribution in [-0.2, 0) is 16.1 Å². The third kappa shape index (κ3) is 4.24. The smallest absolute Gasteiger partial charge is 0.322 e. The van der Waals surface area contributed by atoms with Gasteiger partial charge in [0, 0.05) is 32.1 Å². The zero-order valence-corrected chi connectivity index (χ0v) is 20.3. The second-order valence-corrected chi connectivity index (χ2v) is 9.03. The predicted molar refractivity (Wildman–Crippen MR) is 128 cm³/mol. The van der Waals surface area contributed by atoms with Crippen molar-refractivity contribution in [3.8, 4) is 5.75 Å². The molecule has 2 N–H and O–H groups in total. The van der Waals surface area contributed by atoms with Gasteiger partial charge in [0.05, 0.1) is 12.7 Å². The number of imide groups is 1. The summed E-state index contributed by atoms with van der Waals surface area (Å²) in [7, 11) is 3.03. The molecule has 0 saturated carbocycles. The Bertz CT molecular complexity index is 1450. The molecular weight excluding hydrogens is 485 g/mol. The predicted octanol–water partition coefficient (Wildman–Crippen LogP) is 2.64. The zero-order chi connectivity index (χ0) is 26.4. The maximum Gasteiger partial charge on any atom is 0.322 e. The second kappa shape index (κ2) is 9.19. The van der Waals surface area contributed by atoms with Crippen LogP contribution >= 0.6 is 0 Å². The van der Waals surface area contributed by atoms with Crippen molar-refractivity contribution < 1.29 is 32.7 Å². The lowest BCUT2D eigenvalue weighted by Crippen LogP contribution is -2.31. The van der Waals surface area contributed by atoms with Gasteiger partial charge >= 0.3 is 6.03 Å². The number of nitrogens with one attached hydrogen (secondary N) is 2. The summed E-state index contributed by atoms with van der Waals surface area (Å²) < 4.78 is 24.0. The molecule has 37 heavy (non-hydrogen) atoms. The minimum atomic E-state index is -0.854. The van der Waals surface area contributed by atoms with E-state index in [4.69, 9.17) is 9.15 Å². The van der Waals surface area contributed by atoms with E-state index in [1.54, 1.807) is 42.3 Å². The van der Waals surface area contributed by atoms with Gasteiger partial charge in [-0.25, -0.2) is 14.2 Å². The number of methoxy groups -OCH3 is 1. The first-order valence-corrected chi connectivity index (χ1v) is 11.6. The lowest BCUT2D eigenvalue weighted by molar-refractivity contribution is -0.120. The van der Waals surface area contributed by atoms with Crippen LogP contribution in [0.5, 0.6) is 5.75 Å². The first-order valence-electron chi connectivity index (χ1n) is 11.6. The highest BCUT2D eigenvalue weighted by Gasteiger charge is 2.34. The number of pyridine rings is 1. The first kappa shape index (κ1) is 24.2. The summed E-state index contributed by atoms with van der Waals surface area (Å²) in [5.41, 5.74) is 1.90. The van der Waals surface area contributed by atoms with E-state index in [9.17, 15) is 23.6 Å². The van der Waals surface area contributed by atoms with Crippen LogP contribution in [0.2, 0.25) is 0 Å². The molecule has 0 bridgehead atoms. The van der Waals surface area contributed by atoms with Gasteiger partial charge in [0.1, 0.15) is 17.1 Å². The highest BCUT2D eigenvalue weighted by Crippen LogP contribution is 2.31. The largest absolute Gasteiger partial charge is 0.494 e. The Balaban J connectivity index is 0.000000171. The van der Waals surface area contributed by atoms with E-state index in [0.717, 1.165) is 12.0 Å². The lowest BCUT2D eigenvalue weighted by atomic mass is 10.1. The van der Waals surface area contributed by atoms with Crippen molar-refractivity contribution >= 4 is 40.7 Å². The number of carbonyl (C=O) groups excluding carboxylic acids is 4. The number of benzene rings is 1. The molecule has 11 nitrogen and oxygen atoms in total. The van der Waals surface area contributed by atoms with E-state index in [0.29, 0.717) is 35.6 Å². The van der Waals surface area contributed by atoms with E-state index in [1.165, 1.54) is 12.0 Å². The van der Waals surface area contributed by atoms with Crippen LogP contribution < -0.4 is 20.3 Å². The monoisotopic (exact) mass is 509 g/mol. The van der Waals surface area contributed by atoms with Crippen molar-refractivity contribution in [2.75, 3.05) is 19.1 Å². The van der Waals surface area contributed by atoms with E-state index in [-0.39, 0.29) is 29.2 Å². The fourth-order valence-electron chi connectivity index (χ4n) is 4.64. The topological polar surface area (TPSA) is 134 Å². The van der Waals surface area contributed by atoms with Crippen molar-refractivity contribution in [1.82, 2.24) is 20.5 Å². The number of anilines is 1. The van der Waals surface area contributed by atoms with Gasteiger partial charge in [-0.3, -0.25) is 24.6 Å². The van der Waals surface area contributed by atoms with Gasteiger partial charge in [-0.15, -0.1) is 0 Å². The molecule has 192 valence electrons. The molecule has 0 aliphatic carbocycles. The van der Waals surface area contributed by atoms with Gasteiger partial charge in [0.15, 0.2) is 23.2 Å². The van der Waals surface area contributed by atoms with Crippen LogP contribution in [-0.4, -0.2) is 53.8 Å². The minimum Gasteiger partial charge on any atom is -0.494 e. The van der Waals surface area contributed by atoms with Crippen molar-refractivity contribution in [1.29, 1.82) is 0 Å². The number of hydrogen-bond acceptors (Lipinski definition) is 7. The summed E-state index contributed by atoms with van der Waals surface area (Å²) in [5.74, 6) is -0.246. The Morgan fingerprint density at radius 2 is 1.95 bits per heavy atom. The van der Waals surface area contributed by atoms with E-state index < -0.39 is 23.8 Å². The van der Waals surface area contributed by atoms with Gasteiger partial charge in [0.2, 0.25) is 5.91 Å². The highest BCUT2D eigenvalue weighted by molar-refractivity contribution is 6.04. The normalized spacial score (nSPS) is 20.6. The third-order valence-electron chi connectivity index (χ3n) is 6.55. The van der Waals surface area contributed by atoms with Crippen molar-refractivity contribution in [2.45, 2.75) is 38.4 Å². The number of furan rings is 1. The molecule has 2 unspecified atom stereocenters. The SMILES string of the molecule is CC1CCC(=O)N1c1ccc2oc(C3NC(=O)NC3=O)cc2n1.COc1ccc2c(c1F)C(=O)N(C)C2. The summed E-state index contributed by atoms with van der Waals surface area (Å²) >= 11 is 0. The van der Waals surface area contributed by atoms with Crippen LogP contribution in [0.4, 0.5) is 15.0 Å². The molecule has 2 fully saturated rings. The molecule has 5 heterocycles. The molecule has 3 aromatic rings. The molecule has 2 saturated heterocycles. The quantitative estimate of drug-likeness (QED) is 0.519. The van der Waals surface area contributed by atoms with Crippen molar-refractivity contribution in [2.24, 2.45) is 0 Å². The number of ether oxygens (including phenoxy) is 1. The molecule has 0 spiro atoms. The summed E-state index contributed by atoms with van der Waals surface area (Å²) in [6, 6.07) is 7.02. The molecule has 12 heteroatoms.